The number of rotatable bonds is 10. The number of carbonyl (C=O) groups excluding carboxylic acids is 2. The monoisotopic (exact) mass is 617 g/mol. The third kappa shape index (κ3) is 6.62. The van der Waals surface area contributed by atoms with E-state index in [1.165, 1.54) is 20.1 Å². The predicted molar refractivity (Wildman–Crippen MR) is 171 cm³/mol. The quantitative estimate of drug-likeness (QED) is 0.286. The van der Waals surface area contributed by atoms with Crippen molar-refractivity contribution in [1.82, 2.24) is 5.32 Å². The SMILES string of the molecule is COc1cc2c(c(OC)c1OC)-c1ccc(N[C@H](CC(C)C)C(=O)Nc3ccc4c(c3)OCO4)c(=O)cc1[C@H](NC(C)=O)CC2. The van der Waals surface area contributed by atoms with E-state index >= 15 is 0 Å². The molecular formula is C34H39N3O8. The van der Waals surface area contributed by atoms with Crippen molar-refractivity contribution >= 4 is 23.2 Å². The highest BCUT2D eigenvalue weighted by atomic mass is 16.7. The summed E-state index contributed by atoms with van der Waals surface area (Å²) in [4.78, 5) is 39.7. The summed E-state index contributed by atoms with van der Waals surface area (Å²) in [5, 5.41) is 9.17. The average Bonchev–Trinajstić information content (AvgIpc) is 3.35. The maximum Gasteiger partial charge on any atom is 0.246 e. The number of anilines is 2. The van der Waals surface area contributed by atoms with Crippen LogP contribution in [0.3, 0.4) is 0 Å². The molecule has 0 bridgehead atoms. The maximum absolute atomic E-state index is 13.8. The van der Waals surface area contributed by atoms with Crippen LogP contribution in [0.25, 0.3) is 11.1 Å². The predicted octanol–water partition coefficient (Wildman–Crippen LogP) is 5.06. The molecule has 1 heterocycles. The van der Waals surface area contributed by atoms with E-state index in [1.807, 2.05) is 26.0 Å². The summed E-state index contributed by atoms with van der Waals surface area (Å²) in [6.45, 7) is 5.60. The number of methoxy groups -OCH3 is 3. The Morgan fingerprint density at radius 1 is 0.956 bits per heavy atom. The lowest BCUT2D eigenvalue weighted by Crippen LogP contribution is -2.37. The summed E-state index contributed by atoms with van der Waals surface area (Å²) in [5.74, 6) is 2.21. The van der Waals surface area contributed by atoms with Crippen LogP contribution in [0.1, 0.15) is 50.8 Å². The molecule has 0 aromatic heterocycles. The Hall–Kier alpha value is -4.93. The lowest BCUT2D eigenvalue weighted by molar-refractivity contribution is -0.120. The molecule has 1 aliphatic heterocycles. The van der Waals surface area contributed by atoms with E-state index in [9.17, 15) is 14.4 Å². The molecule has 3 aromatic rings. The van der Waals surface area contributed by atoms with E-state index in [4.69, 9.17) is 23.7 Å². The molecule has 0 unspecified atom stereocenters. The standard InChI is InChI=1S/C34H39N3O8/c1-18(2)13-26(34(40)36-21-8-12-28-29(15-21)45-17-44-28)37-25-11-9-22-23(16-27(25)39)24(35-19(3)38)10-7-20-14-30(41-4)32(42-5)33(43-6)31(20)22/h8-9,11-12,14-16,18,24,26H,7,10,13,17H2,1-6H3,(H,35,38)(H,36,40)(H,37,39)/t24-,26-/m1/s1. The lowest BCUT2D eigenvalue weighted by atomic mass is 9.95. The van der Waals surface area contributed by atoms with Gasteiger partial charge < -0.3 is 39.6 Å². The fourth-order valence-corrected chi connectivity index (χ4v) is 5.92. The van der Waals surface area contributed by atoms with Gasteiger partial charge in [0.05, 0.1) is 33.1 Å². The normalized spacial score (nSPS) is 15.2. The largest absolute Gasteiger partial charge is 0.493 e. The van der Waals surface area contributed by atoms with Gasteiger partial charge in [-0.05, 0) is 72.2 Å². The van der Waals surface area contributed by atoms with Crippen LogP contribution in [-0.2, 0) is 16.0 Å². The van der Waals surface area contributed by atoms with E-state index in [1.54, 1.807) is 38.5 Å². The first-order valence-electron chi connectivity index (χ1n) is 14.9. The first-order chi connectivity index (χ1) is 21.6. The molecule has 11 heteroatoms. The number of benzene rings is 2. The Balaban J connectivity index is 1.58. The van der Waals surface area contributed by atoms with Crippen molar-refractivity contribution in [3.8, 4) is 39.9 Å². The number of hydrogen-bond donors (Lipinski definition) is 3. The lowest BCUT2D eigenvalue weighted by Gasteiger charge is -2.21. The fourth-order valence-electron chi connectivity index (χ4n) is 5.92. The van der Waals surface area contributed by atoms with Crippen molar-refractivity contribution in [2.75, 3.05) is 38.8 Å². The zero-order valence-electron chi connectivity index (χ0n) is 26.4. The van der Waals surface area contributed by atoms with Crippen LogP contribution in [0, 0.1) is 5.92 Å². The smallest absolute Gasteiger partial charge is 0.246 e. The third-order valence-corrected chi connectivity index (χ3v) is 7.91. The number of carbonyl (C=O) groups is 2. The molecule has 0 spiro atoms. The molecule has 1 aliphatic carbocycles. The highest BCUT2D eigenvalue weighted by molar-refractivity contribution is 5.97. The molecule has 3 N–H and O–H groups in total. The number of fused-ring (bicyclic) bond motifs is 4. The molecule has 238 valence electrons. The van der Waals surface area contributed by atoms with Crippen LogP contribution < -0.4 is 45.1 Å². The Morgan fingerprint density at radius 3 is 2.40 bits per heavy atom. The average molecular weight is 618 g/mol. The van der Waals surface area contributed by atoms with Crippen molar-refractivity contribution in [1.29, 1.82) is 0 Å². The van der Waals surface area contributed by atoms with Crippen LogP contribution in [0.15, 0.2) is 47.3 Å². The third-order valence-electron chi connectivity index (χ3n) is 7.91. The minimum atomic E-state index is -0.720. The molecule has 2 aliphatic rings. The van der Waals surface area contributed by atoms with Gasteiger partial charge in [0.25, 0.3) is 0 Å². The zero-order valence-corrected chi connectivity index (χ0v) is 26.4. The van der Waals surface area contributed by atoms with Crippen LogP contribution in [0.4, 0.5) is 11.4 Å². The van der Waals surface area contributed by atoms with Crippen LogP contribution >= 0.6 is 0 Å². The summed E-state index contributed by atoms with van der Waals surface area (Å²) in [6, 6.07) is 11.0. The summed E-state index contributed by atoms with van der Waals surface area (Å²) >= 11 is 0. The van der Waals surface area contributed by atoms with E-state index in [0.29, 0.717) is 64.8 Å². The molecule has 3 aromatic carbocycles. The van der Waals surface area contributed by atoms with Gasteiger partial charge in [-0.1, -0.05) is 19.9 Å². The second-order valence-electron chi connectivity index (χ2n) is 11.5. The Morgan fingerprint density at radius 2 is 1.71 bits per heavy atom. The fraction of sp³-hybridized carbons (Fsp3) is 0.382. The van der Waals surface area contributed by atoms with Crippen molar-refractivity contribution in [2.45, 2.75) is 52.1 Å². The van der Waals surface area contributed by atoms with Gasteiger partial charge in [0.1, 0.15) is 6.04 Å². The van der Waals surface area contributed by atoms with E-state index in [0.717, 1.165) is 11.1 Å². The molecule has 0 saturated carbocycles. The first kappa shape index (κ1) is 31.5. The number of amides is 2. The van der Waals surface area contributed by atoms with Gasteiger partial charge in [0.15, 0.2) is 23.0 Å². The van der Waals surface area contributed by atoms with Gasteiger partial charge in [0, 0.05) is 24.2 Å². The highest BCUT2D eigenvalue weighted by Gasteiger charge is 2.30. The van der Waals surface area contributed by atoms with Gasteiger partial charge >= 0.3 is 0 Å². The second-order valence-corrected chi connectivity index (χ2v) is 11.5. The van der Waals surface area contributed by atoms with Gasteiger partial charge in [-0.25, -0.2) is 0 Å². The van der Waals surface area contributed by atoms with Crippen molar-refractivity contribution in [2.24, 2.45) is 5.92 Å². The number of ether oxygens (including phenoxy) is 5. The minimum absolute atomic E-state index is 0.130. The van der Waals surface area contributed by atoms with Gasteiger partial charge in [0.2, 0.25) is 29.8 Å². The maximum atomic E-state index is 13.8. The Bertz CT molecular complexity index is 1670. The zero-order chi connectivity index (χ0) is 32.2. The van der Waals surface area contributed by atoms with E-state index in [2.05, 4.69) is 16.0 Å². The van der Waals surface area contributed by atoms with E-state index in [-0.39, 0.29) is 35.6 Å². The highest BCUT2D eigenvalue weighted by Crippen LogP contribution is 2.50. The van der Waals surface area contributed by atoms with Gasteiger partial charge in [-0.15, -0.1) is 0 Å². The number of aryl methyl sites for hydroxylation is 1. The summed E-state index contributed by atoms with van der Waals surface area (Å²) in [7, 11) is 4.65. The minimum Gasteiger partial charge on any atom is -0.493 e. The van der Waals surface area contributed by atoms with Crippen molar-refractivity contribution in [3.05, 3.63) is 63.8 Å². The van der Waals surface area contributed by atoms with Crippen LogP contribution in [0.2, 0.25) is 0 Å². The summed E-state index contributed by atoms with van der Waals surface area (Å²) in [5.41, 5.74) is 3.49. The van der Waals surface area contributed by atoms with E-state index < -0.39 is 12.1 Å². The Kier molecular flexibility index (Phi) is 9.36. The van der Waals surface area contributed by atoms with Crippen molar-refractivity contribution in [3.63, 3.8) is 0 Å². The molecule has 0 fully saturated rings. The number of hydrogen-bond acceptors (Lipinski definition) is 9. The number of nitrogens with one attached hydrogen (secondary N) is 3. The van der Waals surface area contributed by atoms with Gasteiger partial charge in [-0.3, -0.25) is 14.4 Å². The molecule has 45 heavy (non-hydrogen) atoms. The van der Waals surface area contributed by atoms with Gasteiger partial charge in [-0.2, -0.15) is 0 Å². The molecule has 5 rings (SSSR count). The molecule has 2 atom stereocenters. The Labute approximate surface area is 262 Å². The molecule has 2 amide bonds. The first-order valence-corrected chi connectivity index (χ1v) is 14.9. The topological polar surface area (TPSA) is 133 Å². The summed E-state index contributed by atoms with van der Waals surface area (Å²) in [6.07, 6.45) is 1.60. The molecule has 0 saturated heterocycles. The van der Waals surface area contributed by atoms with Crippen LogP contribution in [0.5, 0.6) is 28.7 Å². The molecule has 0 radical (unpaired) electrons. The summed E-state index contributed by atoms with van der Waals surface area (Å²) < 4.78 is 28.0. The molecular weight excluding hydrogens is 578 g/mol. The van der Waals surface area contributed by atoms with Crippen molar-refractivity contribution < 1.29 is 33.3 Å². The molecule has 11 nitrogen and oxygen atoms in total. The van der Waals surface area contributed by atoms with Crippen LogP contribution in [-0.4, -0.2) is 46.0 Å². The second kappa shape index (κ2) is 13.4.